The minimum Gasteiger partial charge on any atom is -0.492 e. The molecule has 1 aromatic carbocycles. The lowest BCUT2D eigenvalue weighted by molar-refractivity contribution is 0.127. The number of fused-ring (bicyclic) bond motifs is 1. The molecule has 2 unspecified atom stereocenters. The molecule has 3 nitrogen and oxygen atoms in total. The van der Waals surface area contributed by atoms with Crippen LogP contribution in [-0.4, -0.2) is 44.2 Å². The van der Waals surface area contributed by atoms with Crippen LogP contribution in [0.25, 0.3) is 0 Å². The smallest absolute Gasteiger partial charge is 0.120 e. The summed E-state index contributed by atoms with van der Waals surface area (Å²) in [6.07, 6.45) is 1.34. The fourth-order valence-corrected chi connectivity index (χ4v) is 3.54. The molecule has 3 rings (SSSR count). The average Bonchev–Trinajstić information content (AvgIpc) is 2.86. The highest BCUT2D eigenvalue weighted by Gasteiger charge is 2.32. The Hall–Kier alpha value is -0.290. The summed E-state index contributed by atoms with van der Waals surface area (Å²) in [4.78, 5) is 2.55. The van der Waals surface area contributed by atoms with Crippen LogP contribution >= 0.6 is 28.3 Å². The van der Waals surface area contributed by atoms with Crippen molar-refractivity contribution in [3.05, 3.63) is 28.7 Å². The zero-order valence-corrected chi connectivity index (χ0v) is 14.0. The predicted molar refractivity (Wildman–Crippen MR) is 87.8 cm³/mol. The Bertz CT molecular complexity index is 432. The third-order valence-electron chi connectivity index (χ3n) is 4.26. The Morgan fingerprint density at radius 2 is 2.15 bits per heavy atom. The highest BCUT2D eigenvalue weighted by Crippen LogP contribution is 2.26. The molecule has 2 fully saturated rings. The topological polar surface area (TPSA) is 24.5 Å². The lowest BCUT2D eigenvalue weighted by Gasteiger charge is -2.34. The summed E-state index contributed by atoms with van der Waals surface area (Å²) in [5, 5.41) is 3.51. The number of halogens is 2. The van der Waals surface area contributed by atoms with Crippen LogP contribution in [-0.2, 0) is 0 Å². The van der Waals surface area contributed by atoms with Gasteiger partial charge in [-0.1, -0.05) is 22.0 Å². The Balaban J connectivity index is 0.00000147. The van der Waals surface area contributed by atoms with E-state index in [2.05, 4.69) is 26.1 Å². The second-order valence-electron chi connectivity index (χ2n) is 5.57. The molecule has 2 aliphatic heterocycles. The normalized spacial score (nSPS) is 25.9. The summed E-state index contributed by atoms with van der Waals surface area (Å²) in [6, 6.07) is 8.06. The van der Waals surface area contributed by atoms with Crippen molar-refractivity contribution in [1.82, 2.24) is 10.2 Å². The molecule has 0 aliphatic carbocycles. The molecule has 0 spiro atoms. The largest absolute Gasteiger partial charge is 0.492 e. The second kappa shape index (κ2) is 7.64. The lowest BCUT2D eigenvalue weighted by atomic mass is 9.89. The van der Waals surface area contributed by atoms with Crippen LogP contribution in [0, 0.1) is 11.8 Å². The molecule has 0 bridgehead atoms. The maximum absolute atomic E-state index is 5.81. The monoisotopic (exact) mass is 360 g/mol. The van der Waals surface area contributed by atoms with Crippen LogP contribution in [0.4, 0.5) is 0 Å². The van der Waals surface area contributed by atoms with Gasteiger partial charge >= 0.3 is 0 Å². The van der Waals surface area contributed by atoms with Crippen LogP contribution in [0.15, 0.2) is 28.7 Å². The first-order chi connectivity index (χ1) is 9.31. The van der Waals surface area contributed by atoms with Crippen molar-refractivity contribution < 1.29 is 4.74 Å². The second-order valence-corrected chi connectivity index (χ2v) is 6.49. The van der Waals surface area contributed by atoms with Crippen LogP contribution in [0.3, 0.4) is 0 Å². The van der Waals surface area contributed by atoms with Crippen molar-refractivity contribution in [3.8, 4) is 5.75 Å². The highest BCUT2D eigenvalue weighted by atomic mass is 79.9. The molecule has 1 aromatic rings. The Morgan fingerprint density at radius 1 is 1.30 bits per heavy atom. The van der Waals surface area contributed by atoms with Gasteiger partial charge in [0, 0.05) is 17.6 Å². The van der Waals surface area contributed by atoms with Crippen LogP contribution in [0.5, 0.6) is 5.75 Å². The maximum Gasteiger partial charge on any atom is 0.120 e. The van der Waals surface area contributed by atoms with Gasteiger partial charge in [0.2, 0.25) is 0 Å². The van der Waals surface area contributed by atoms with E-state index >= 15 is 0 Å². The van der Waals surface area contributed by atoms with Crippen molar-refractivity contribution in [2.75, 3.05) is 39.3 Å². The number of piperidine rings is 1. The molecule has 2 saturated heterocycles. The van der Waals surface area contributed by atoms with Gasteiger partial charge in [0.15, 0.2) is 0 Å². The van der Waals surface area contributed by atoms with E-state index in [1.54, 1.807) is 0 Å². The molecular formula is C15H22BrClN2O. The standard InChI is InChI=1S/C15H21BrN2O.ClH/c16-14-2-1-3-15(8-14)19-7-6-18-5-4-12-9-17-10-13(12)11-18;/h1-3,8,12-13,17H,4-7,9-11H2;1H. The molecule has 2 atom stereocenters. The van der Waals surface area contributed by atoms with Crippen LogP contribution in [0.2, 0.25) is 0 Å². The third kappa shape index (κ3) is 4.10. The summed E-state index contributed by atoms with van der Waals surface area (Å²) in [7, 11) is 0. The molecule has 2 heterocycles. The van der Waals surface area contributed by atoms with Crippen molar-refractivity contribution in [2.24, 2.45) is 11.8 Å². The van der Waals surface area contributed by atoms with Crippen LogP contribution in [0.1, 0.15) is 6.42 Å². The van der Waals surface area contributed by atoms with E-state index in [0.717, 1.165) is 35.2 Å². The summed E-state index contributed by atoms with van der Waals surface area (Å²) in [5.41, 5.74) is 0. The van der Waals surface area contributed by atoms with Gasteiger partial charge in [-0.2, -0.15) is 0 Å². The summed E-state index contributed by atoms with van der Waals surface area (Å²) in [6.45, 7) is 6.71. The number of ether oxygens (including phenoxy) is 1. The van der Waals surface area contributed by atoms with Gasteiger partial charge in [0.1, 0.15) is 12.4 Å². The molecule has 112 valence electrons. The van der Waals surface area contributed by atoms with E-state index in [1.165, 1.54) is 32.6 Å². The van der Waals surface area contributed by atoms with Crippen molar-refractivity contribution in [2.45, 2.75) is 6.42 Å². The van der Waals surface area contributed by atoms with Gasteiger partial charge in [-0.05, 0) is 56.1 Å². The number of nitrogens with one attached hydrogen (secondary N) is 1. The van der Waals surface area contributed by atoms with Gasteiger partial charge < -0.3 is 10.1 Å². The van der Waals surface area contributed by atoms with Crippen molar-refractivity contribution >= 4 is 28.3 Å². The predicted octanol–water partition coefficient (Wildman–Crippen LogP) is 2.79. The molecule has 0 amide bonds. The Labute approximate surface area is 135 Å². The first kappa shape index (κ1) is 16.1. The zero-order chi connectivity index (χ0) is 13.1. The van der Waals surface area contributed by atoms with E-state index in [4.69, 9.17) is 4.74 Å². The molecule has 20 heavy (non-hydrogen) atoms. The minimum absolute atomic E-state index is 0. The minimum atomic E-state index is 0. The lowest BCUT2D eigenvalue weighted by Crippen LogP contribution is -2.41. The summed E-state index contributed by atoms with van der Waals surface area (Å²) in [5.74, 6) is 2.73. The average molecular weight is 362 g/mol. The molecule has 2 aliphatic rings. The third-order valence-corrected chi connectivity index (χ3v) is 4.75. The first-order valence-corrected chi connectivity index (χ1v) is 7.92. The van der Waals surface area contributed by atoms with Gasteiger partial charge in [0.25, 0.3) is 0 Å². The maximum atomic E-state index is 5.81. The zero-order valence-electron chi connectivity index (χ0n) is 11.6. The molecule has 0 radical (unpaired) electrons. The Morgan fingerprint density at radius 3 is 3.00 bits per heavy atom. The summed E-state index contributed by atoms with van der Waals surface area (Å²) < 4.78 is 6.89. The summed E-state index contributed by atoms with van der Waals surface area (Å²) >= 11 is 3.46. The van der Waals surface area contributed by atoms with Crippen molar-refractivity contribution in [1.29, 1.82) is 0 Å². The number of hydrogen-bond donors (Lipinski definition) is 1. The number of nitrogens with zero attached hydrogens (tertiary/aromatic N) is 1. The number of hydrogen-bond acceptors (Lipinski definition) is 3. The fourth-order valence-electron chi connectivity index (χ4n) is 3.16. The van der Waals surface area contributed by atoms with Crippen LogP contribution < -0.4 is 10.1 Å². The van der Waals surface area contributed by atoms with Crippen molar-refractivity contribution in [3.63, 3.8) is 0 Å². The molecule has 5 heteroatoms. The van der Waals surface area contributed by atoms with E-state index < -0.39 is 0 Å². The van der Waals surface area contributed by atoms with E-state index in [9.17, 15) is 0 Å². The Kier molecular flexibility index (Phi) is 6.15. The molecular weight excluding hydrogens is 340 g/mol. The molecule has 1 N–H and O–H groups in total. The van der Waals surface area contributed by atoms with Gasteiger partial charge in [0.05, 0.1) is 0 Å². The number of likely N-dealkylation sites (tertiary alicyclic amines) is 1. The van der Waals surface area contributed by atoms with Gasteiger partial charge in [-0.3, -0.25) is 4.90 Å². The quantitative estimate of drug-likeness (QED) is 0.892. The van der Waals surface area contributed by atoms with E-state index in [-0.39, 0.29) is 12.4 Å². The number of rotatable bonds is 4. The van der Waals surface area contributed by atoms with E-state index in [0.29, 0.717) is 0 Å². The van der Waals surface area contributed by atoms with Gasteiger partial charge in [-0.25, -0.2) is 0 Å². The van der Waals surface area contributed by atoms with E-state index in [1.807, 2.05) is 24.3 Å². The first-order valence-electron chi connectivity index (χ1n) is 7.13. The fraction of sp³-hybridized carbons (Fsp3) is 0.600. The SMILES string of the molecule is Brc1cccc(OCCN2CCC3CNCC3C2)c1.Cl. The highest BCUT2D eigenvalue weighted by molar-refractivity contribution is 9.10. The molecule has 0 aromatic heterocycles. The number of benzene rings is 1. The van der Waals surface area contributed by atoms with Gasteiger partial charge in [-0.15, -0.1) is 12.4 Å². The molecule has 0 saturated carbocycles.